The summed E-state index contributed by atoms with van der Waals surface area (Å²) < 4.78 is 53.3. The van der Waals surface area contributed by atoms with Crippen molar-refractivity contribution in [1.82, 2.24) is 4.98 Å². The number of hydrogen-bond acceptors (Lipinski definition) is 5. The molecule has 7 nitrogen and oxygen atoms in total. The number of nitrogens with zero attached hydrogens (tertiary/aromatic N) is 2. The Bertz CT molecular complexity index is 1280. The Labute approximate surface area is 225 Å². The monoisotopic (exact) mass is 546 g/mol. The molecule has 0 bridgehead atoms. The third-order valence-corrected chi connectivity index (χ3v) is 9.11. The third kappa shape index (κ3) is 4.40. The van der Waals surface area contributed by atoms with E-state index in [2.05, 4.69) is 17.4 Å². The van der Waals surface area contributed by atoms with Crippen molar-refractivity contribution in [2.45, 2.75) is 75.9 Å². The summed E-state index contributed by atoms with van der Waals surface area (Å²) in [6, 6.07) is 5.38. The predicted molar refractivity (Wildman–Crippen MR) is 137 cm³/mol. The molecule has 1 fully saturated rings. The van der Waals surface area contributed by atoms with E-state index in [1.807, 2.05) is 6.92 Å². The number of halogens is 3. The molecule has 1 saturated heterocycles. The van der Waals surface area contributed by atoms with Gasteiger partial charge < -0.3 is 19.9 Å². The molecule has 0 amide bonds. The summed E-state index contributed by atoms with van der Waals surface area (Å²) in [4.78, 5) is 17.2. The molecule has 4 aliphatic heterocycles. The summed E-state index contributed by atoms with van der Waals surface area (Å²) in [5.41, 5.74) is 2.00. The molecule has 39 heavy (non-hydrogen) atoms. The van der Waals surface area contributed by atoms with E-state index in [4.69, 9.17) is 14.5 Å². The number of fused-ring (bicyclic) bond motifs is 2. The molecule has 4 aliphatic rings. The van der Waals surface area contributed by atoms with Crippen LogP contribution < -0.4 is 5.32 Å². The van der Waals surface area contributed by atoms with Crippen molar-refractivity contribution in [3.05, 3.63) is 57.8 Å². The molecule has 6 rings (SSSR count). The average molecular weight is 547 g/mol. The summed E-state index contributed by atoms with van der Waals surface area (Å²) in [5.74, 6) is -0.106. The largest absolute Gasteiger partial charge is 0.477 e. The molecule has 0 radical (unpaired) electrons. The molecule has 0 saturated carbocycles. The maximum Gasteiger partial charge on any atom is 0.416 e. The number of carbonyl (C=O) groups is 1. The molecular formula is C29H35F3N3O4+. The summed E-state index contributed by atoms with van der Waals surface area (Å²) >= 11 is 0. The summed E-state index contributed by atoms with van der Waals surface area (Å²) in [6.07, 6.45) is 1.67. The Hall–Kier alpha value is -2.69. The van der Waals surface area contributed by atoms with Gasteiger partial charge in [0, 0.05) is 31.3 Å². The quantitative estimate of drug-likeness (QED) is 0.360. The Morgan fingerprint density at radius 1 is 1.21 bits per heavy atom. The van der Waals surface area contributed by atoms with Gasteiger partial charge in [-0.3, -0.25) is 4.48 Å². The first-order valence-corrected chi connectivity index (χ1v) is 13.9. The molecule has 2 atom stereocenters. The lowest BCUT2D eigenvalue weighted by atomic mass is 9.88. The highest BCUT2D eigenvalue weighted by Gasteiger charge is 2.71. The highest BCUT2D eigenvalue weighted by Crippen LogP contribution is 2.60. The first-order chi connectivity index (χ1) is 18.6. The van der Waals surface area contributed by atoms with Gasteiger partial charge >= 0.3 is 12.1 Å². The number of quaternary nitrogens is 1. The lowest BCUT2D eigenvalue weighted by molar-refractivity contribution is -1.05. The fourth-order valence-electron chi connectivity index (χ4n) is 7.19. The van der Waals surface area contributed by atoms with Gasteiger partial charge in [0.15, 0.2) is 6.10 Å². The number of unbranched alkanes of at least 4 members (excludes halogenated alkanes) is 2. The number of nitrogens with one attached hydrogen (secondary N) is 1. The first-order valence-electron chi connectivity index (χ1n) is 13.9. The summed E-state index contributed by atoms with van der Waals surface area (Å²) in [7, 11) is 0. The smallest absolute Gasteiger partial charge is 0.416 e. The van der Waals surface area contributed by atoms with E-state index < -0.39 is 29.5 Å². The average Bonchev–Trinajstić information content (AvgIpc) is 3.11. The fourth-order valence-corrected chi connectivity index (χ4v) is 7.19. The Morgan fingerprint density at radius 3 is 2.79 bits per heavy atom. The Morgan fingerprint density at radius 2 is 2.03 bits per heavy atom. The SMILES string of the molecule is CC12OCCc3cc(C(F)(F)F)cc(c31)C(C(=O)O)[N+]21CC(OCCCCCc2ccc3c(n2)NCCC3)C1. The molecule has 2 N–H and O–H groups in total. The zero-order chi connectivity index (χ0) is 27.4. The normalized spacial score (nSPS) is 28.9. The van der Waals surface area contributed by atoms with Crippen molar-refractivity contribution in [3.63, 3.8) is 0 Å². The number of aliphatic carboxylic acids is 1. The summed E-state index contributed by atoms with van der Waals surface area (Å²) in [5, 5.41) is 13.6. The number of hydrogen-bond donors (Lipinski definition) is 2. The predicted octanol–water partition coefficient (Wildman–Crippen LogP) is 4.97. The van der Waals surface area contributed by atoms with Gasteiger partial charge in [0.2, 0.25) is 11.8 Å². The third-order valence-electron chi connectivity index (χ3n) is 9.11. The van der Waals surface area contributed by atoms with Crippen molar-refractivity contribution in [2.75, 3.05) is 38.2 Å². The van der Waals surface area contributed by atoms with E-state index in [-0.39, 0.29) is 22.8 Å². The number of pyridine rings is 1. The minimum Gasteiger partial charge on any atom is -0.477 e. The molecular weight excluding hydrogens is 511 g/mol. The van der Waals surface area contributed by atoms with Crippen LogP contribution in [0.4, 0.5) is 19.0 Å². The standard InChI is InChI=1S/C29H34F3N3O4/c1-28-24-19(10-13-39-28)14-20(29(30,31)32)15-23(24)25(27(36)37)35(28)16-22(17-35)38-12-4-2-3-7-21-9-8-18-6-5-11-33-26(18)34-21/h8-9,14-15,22,25H,2-7,10-13,16-17H2,1H3,(H-,33,34,36,37)/p+1. The lowest BCUT2D eigenvalue weighted by Gasteiger charge is -2.57. The zero-order valence-corrected chi connectivity index (χ0v) is 22.1. The minimum absolute atomic E-state index is 0.0503. The number of anilines is 1. The minimum atomic E-state index is -4.54. The lowest BCUT2D eigenvalue weighted by Crippen LogP contribution is -2.74. The number of benzene rings is 1. The highest BCUT2D eigenvalue weighted by atomic mass is 19.4. The first kappa shape index (κ1) is 26.5. The van der Waals surface area contributed by atoms with Crippen molar-refractivity contribution in [1.29, 1.82) is 0 Å². The van der Waals surface area contributed by atoms with Crippen molar-refractivity contribution < 1.29 is 37.0 Å². The van der Waals surface area contributed by atoms with E-state index in [0.29, 0.717) is 37.2 Å². The van der Waals surface area contributed by atoms with Crippen LogP contribution in [-0.4, -0.2) is 59.5 Å². The second kappa shape index (κ2) is 9.74. The van der Waals surface area contributed by atoms with Crippen LogP contribution in [0.1, 0.15) is 72.2 Å². The van der Waals surface area contributed by atoms with Crippen LogP contribution in [0.5, 0.6) is 0 Å². The number of carboxylic acids is 1. The van der Waals surface area contributed by atoms with Gasteiger partial charge in [-0.15, -0.1) is 0 Å². The van der Waals surface area contributed by atoms with Crippen LogP contribution in [0.3, 0.4) is 0 Å². The van der Waals surface area contributed by atoms with E-state index in [1.165, 1.54) is 11.6 Å². The molecule has 1 aromatic heterocycles. The second-order valence-corrected chi connectivity index (χ2v) is 11.5. The number of carboxylic acid groups (broad SMARTS) is 1. The van der Waals surface area contributed by atoms with Gasteiger partial charge in [-0.25, -0.2) is 9.78 Å². The molecule has 10 heteroatoms. The molecule has 1 spiro atoms. The van der Waals surface area contributed by atoms with Crippen LogP contribution in [0.25, 0.3) is 0 Å². The number of rotatable bonds is 8. The van der Waals surface area contributed by atoms with Gasteiger partial charge in [-0.2, -0.15) is 13.2 Å². The Balaban J connectivity index is 1.06. The fraction of sp³-hybridized carbons (Fsp3) is 0.586. The van der Waals surface area contributed by atoms with Crippen LogP contribution in [-0.2, 0) is 45.4 Å². The number of aryl methyl sites for hydroxylation is 2. The van der Waals surface area contributed by atoms with Crippen molar-refractivity contribution >= 4 is 11.8 Å². The molecule has 2 unspecified atom stereocenters. The zero-order valence-electron chi connectivity index (χ0n) is 22.1. The Kier molecular flexibility index (Phi) is 6.63. The van der Waals surface area contributed by atoms with Crippen LogP contribution in [0, 0.1) is 0 Å². The maximum absolute atomic E-state index is 13.6. The van der Waals surface area contributed by atoms with Gasteiger partial charge in [0.25, 0.3) is 0 Å². The van der Waals surface area contributed by atoms with E-state index in [9.17, 15) is 23.1 Å². The number of aromatic nitrogens is 1. The number of ether oxygens (including phenoxy) is 2. The van der Waals surface area contributed by atoms with Gasteiger partial charge in [-0.1, -0.05) is 12.5 Å². The molecule has 1 aromatic carbocycles. The van der Waals surface area contributed by atoms with Gasteiger partial charge in [-0.05, 0) is 67.9 Å². The second-order valence-electron chi connectivity index (χ2n) is 11.5. The van der Waals surface area contributed by atoms with E-state index in [0.717, 1.165) is 62.6 Å². The molecule has 5 heterocycles. The van der Waals surface area contributed by atoms with Gasteiger partial charge in [0.1, 0.15) is 18.9 Å². The highest BCUT2D eigenvalue weighted by molar-refractivity contribution is 5.77. The van der Waals surface area contributed by atoms with Crippen molar-refractivity contribution in [2.24, 2.45) is 0 Å². The summed E-state index contributed by atoms with van der Waals surface area (Å²) in [6.45, 7) is 4.43. The molecule has 2 aromatic rings. The van der Waals surface area contributed by atoms with Crippen LogP contribution >= 0.6 is 0 Å². The van der Waals surface area contributed by atoms with Gasteiger partial charge in [0.05, 0.1) is 17.7 Å². The van der Waals surface area contributed by atoms with Crippen molar-refractivity contribution in [3.8, 4) is 0 Å². The topological polar surface area (TPSA) is 80.7 Å². The molecule has 0 aliphatic carbocycles. The molecule has 210 valence electrons. The van der Waals surface area contributed by atoms with Crippen LogP contribution in [0.2, 0.25) is 0 Å². The van der Waals surface area contributed by atoms with Crippen LogP contribution in [0.15, 0.2) is 24.3 Å². The van der Waals surface area contributed by atoms with E-state index >= 15 is 0 Å². The van der Waals surface area contributed by atoms with E-state index in [1.54, 1.807) is 0 Å². The number of alkyl halides is 3. The maximum atomic E-state index is 13.6.